The van der Waals surface area contributed by atoms with Crippen molar-refractivity contribution in [2.24, 2.45) is 0 Å². The van der Waals surface area contributed by atoms with E-state index in [1.807, 2.05) is 44.2 Å². The molecule has 1 fully saturated rings. The minimum Gasteiger partial charge on any atom is -0.467 e. The van der Waals surface area contributed by atoms with E-state index < -0.39 is 17.4 Å². The summed E-state index contributed by atoms with van der Waals surface area (Å²) in [5.74, 6) is -0.528. The summed E-state index contributed by atoms with van der Waals surface area (Å²) in [6.45, 7) is 4.76. The molecule has 5 nitrogen and oxygen atoms in total. The second kappa shape index (κ2) is 6.26. The van der Waals surface area contributed by atoms with Crippen LogP contribution in [0.1, 0.15) is 19.4 Å². The number of nitrogens with zero attached hydrogens (tertiary/aromatic N) is 1. The van der Waals surface area contributed by atoms with Gasteiger partial charge in [-0.1, -0.05) is 30.3 Å². The van der Waals surface area contributed by atoms with Crippen molar-refractivity contribution in [3.8, 4) is 0 Å². The maximum atomic E-state index is 12.9. The quantitative estimate of drug-likeness (QED) is 0.789. The Bertz CT molecular complexity index is 512. The van der Waals surface area contributed by atoms with Gasteiger partial charge in [0.25, 0.3) is 0 Å². The standard InChI is InChI=1S/C16H21NO4/c1-16(2,12-7-5-4-6-8-12)15(19)17-9-10-21-11-13(17)14(18)20-3/h4-8,13H,9-11H2,1-3H3. The lowest BCUT2D eigenvalue weighted by Crippen LogP contribution is -2.57. The lowest BCUT2D eigenvalue weighted by Gasteiger charge is -2.38. The number of carbonyl (C=O) groups excluding carboxylic acids is 2. The van der Waals surface area contributed by atoms with Crippen molar-refractivity contribution in [3.63, 3.8) is 0 Å². The van der Waals surface area contributed by atoms with Crippen molar-refractivity contribution in [3.05, 3.63) is 35.9 Å². The van der Waals surface area contributed by atoms with Crippen LogP contribution in [0.15, 0.2) is 30.3 Å². The minimum atomic E-state index is -0.704. The molecule has 1 heterocycles. The van der Waals surface area contributed by atoms with Gasteiger partial charge in [-0.3, -0.25) is 4.79 Å². The molecule has 0 spiro atoms. The molecule has 1 aliphatic rings. The van der Waals surface area contributed by atoms with Crippen molar-refractivity contribution >= 4 is 11.9 Å². The predicted molar refractivity (Wildman–Crippen MR) is 77.8 cm³/mol. The molecule has 0 bridgehead atoms. The first-order valence-electron chi connectivity index (χ1n) is 7.00. The third kappa shape index (κ3) is 3.08. The van der Waals surface area contributed by atoms with Crippen molar-refractivity contribution in [1.29, 1.82) is 0 Å². The van der Waals surface area contributed by atoms with Crippen molar-refractivity contribution in [2.75, 3.05) is 26.9 Å². The molecule has 1 aliphatic heterocycles. The Labute approximate surface area is 124 Å². The maximum absolute atomic E-state index is 12.9. The predicted octanol–water partition coefficient (Wildman–Crippen LogP) is 1.36. The number of morpholine rings is 1. The molecule has 0 aromatic heterocycles. The number of ether oxygens (including phenoxy) is 2. The van der Waals surface area contributed by atoms with Crippen LogP contribution in [0.3, 0.4) is 0 Å². The fourth-order valence-electron chi connectivity index (χ4n) is 2.52. The molecule has 1 saturated heterocycles. The highest BCUT2D eigenvalue weighted by atomic mass is 16.5. The van der Waals surface area contributed by atoms with Gasteiger partial charge in [-0.05, 0) is 19.4 Å². The van der Waals surface area contributed by atoms with Gasteiger partial charge in [-0.25, -0.2) is 4.79 Å². The molecule has 1 atom stereocenters. The van der Waals surface area contributed by atoms with Crippen molar-refractivity contribution < 1.29 is 19.1 Å². The smallest absolute Gasteiger partial charge is 0.331 e. The summed E-state index contributed by atoms with van der Waals surface area (Å²) in [5, 5.41) is 0. The second-order valence-corrected chi connectivity index (χ2v) is 5.60. The molecule has 1 unspecified atom stereocenters. The summed E-state index contributed by atoms with van der Waals surface area (Å²) in [5.41, 5.74) is 0.218. The van der Waals surface area contributed by atoms with Gasteiger partial charge in [-0.15, -0.1) is 0 Å². The fourth-order valence-corrected chi connectivity index (χ4v) is 2.52. The van der Waals surface area contributed by atoms with Crippen LogP contribution in [0.25, 0.3) is 0 Å². The van der Waals surface area contributed by atoms with E-state index in [1.54, 1.807) is 4.90 Å². The number of amides is 1. The van der Waals surface area contributed by atoms with E-state index >= 15 is 0 Å². The summed E-state index contributed by atoms with van der Waals surface area (Å²) >= 11 is 0. The van der Waals surface area contributed by atoms with Crippen LogP contribution in [-0.2, 0) is 24.5 Å². The largest absolute Gasteiger partial charge is 0.467 e. The summed E-state index contributed by atoms with van der Waals surface area (Å²) in [7, 11) is 1.32. The number of methoxy groups -OCH3 is 1. The number of hydrogen-bond acceptors (Lipinski definition) is 4. The number of carbonyl (C=O) groups is 2. The van der Waals surface area contributed by atoms with Gasteiger partial charge in [0, 0.05) is 6.54 Å². The number of rotatable bonds is 3. The Kier molecular flexibility index (Phi) is 4.63. The third-order valence-corrected chi connectivity index (χ3v) is 3.89. The lowest BCUT2D eigenvalue weighted by molar-refractivity contribution is -0.162. The molecule has 1 amide bonds. The topological polar surface area (TPSA) is 55.8 Å². The zero-order valence-corrected chi connectivity index (χ0v) is 12.7. The van der Waals surface area contributed by atoms with Crippen LogP contribution >= 0.6 is 0 Å². The number of esters is 1. The van der Waals surface area contributed by atoms with Gasteiger partial charge in [0.15, 0.2) is 6.04 Å². The molecule has 0 aliphatic carbocycles. The fraction of sp³-hybridized carbons (Fsp3) is 0.500. The normalized spacial score (nSPS) is 19.2. The molecule has 0 saturated carbocycles. The van der Waals surface area contributed by atoms with Crippen LogP contribution in [0, 0.1) is 0 Å². The van der Waals surface area contributed by atoms with E-state index in [2.05, 4.69) is 0 Å². The number of hydrogen-bond donors (Lipinski definition) is 0. The SMILES string of the molecule is COC(=O)C1COCCN1C(=O)C(C)(C)c1ccccc1. The summed E-state index contributed by atoms with van der Waals surface area (Å²) < 4.78 is 10.1. The summed E-state index contributed by atoms with van der Waals surface area (Å²) in [6, 6.07) is 8.90. The van der Waals surface area contributed by atoms with E-state index in [0.717, 1.165) is 5.56 Å². The molecular formula is C16H21NO4. The summed E-state index contributed by atoms with van der Waals surface area (Å²) in [4.78, 5) is 26.3. The van der Waals surface area contributed by atoms with Crippen LogP contribution < -0.4 is 0 Å². The van der Waals surface area contributed by atoms with Crippen LogP contribution in [-0.4, -0.2) is 49.7 Å². The molecular weight excluding hydrogens is 270 g/mol. The number of benzene rings is 1. The molecule has 0 N–H and O–H groups in total. The Morgan fingerprint density at radius 1 is 1.29 bits per heavy atom. The van der Waals surface area contributed by atoms with Gasteiger partial charge in [0.2, 0.25) is 5.91 Å². The first kappa shape index (κ1) is 15.5. The summed E-state index contributed by atoms with van der Waals surface area (Å²) in [6.07, 6.45) is 0. The second-order valence-electron chi connectivity index (χ2n) is 5.60. The van der Waals surface area contributed by atoms with E-state index in [9.17, 15) is 9.59 Å². The van der Waals surface area contributed by atoms with Gasteiger partial charge >= 0.3 is 5.97 Å². The highest BCUT2D eigenvalue weighted by Crippen LogP contribution is 2.27. The van der Waals surface area contributed by atoms with Gasteiger partial charge < -0.3 is 14.4 Å². The van der Waals surface area contributed by atoms with Gasteiger partial charge in [-0.2, -0.15) is 0 Å². The highest BCUT2D eigenvalue weighted by molar-refractivity contribution is 5.91. The molecule has 1 aromatic carbocycles. The van der Waals surface area contributed by atoms with Crippen LogP contribution in [0.2, 0.25) is 0 Å². The lowest BCUT2D eigenvalue weighted by atomic mass is 9.82. The van der Waals surface area contributed by atoms with Gasteiger partial charge in [0.05, 0.1) is 25.7 Å². The molecule has 2 rings (SSSR count). The Morgan fingerprint density at radius 2 is 1.95 bits per heavy atom. The maximum Gasteiger partial charge on any atom is 0.331 e. The molecule has 5 heteroatoms. The highest BCUT2D eigenvalue weighted by Gasteiger charge is 2.41. The van der Waals surface area contributed by atoms with E-state index in [4.69, 9.17) is 9.47 Å². The van der Waals surface area contributed by atoms with Crippen molar-refractivity contribution in [2.45, 2.75) is 25.3 Å². The first-order valence-corrected chi connectivity index (χ1v) is 7.00. The average Bonchev–Trinajstić information content (AvgIpc) is 2.54. The monoisotopic (exact) mass is 291 g/mol. The molecule has 114 valence electrons. The van der Waals surface area contributed by atoms with Crippen LogP contribution in [0.4, 0.5) is 0 Å². The average molecular weight is 291 g/mol. The first-order chi connectivity index (χ1) is 9.98. The Hall–Kier alpha value is -1.88. The zero-order chi connectivity index (χ0) is 15.5. The van der Waals surface area contributed by atoms with Gasteiger partial charge in [0.1, 0.15) is 0 Å². The van der Waals surface area contributed by atoms with E-state index in [1.165, 1.54) is 7.11 Å². The van der Waals surface area contributed by atoms with E-state index in [-0.39, 0.29) is 12.5 Å². The minimum absolute atomic E-state index is 0.0904. The van der Waals surface area contributed by atoms with E-state index in [0.29, 0.717) is 13.2 Å². The van der Waals surface area contributed by atoms with Crippen molar-refractivity contribution in [1.82, 2.24) is 4.90 Å². The Morgan fingerprint density at radius 3 is 2.57 bits per heavy atom. The molecule has 1 aromatic rings. The zero-order valence-electron chi connectivity index (χ0n) is 12.7. The van der Waals surface area contributed by atoms with Crippen LogP contribution in [0.5, 0.6) is 0 Å². The molecule has 0 radical (unpaired) electrons. The Balaban J connectivity index is 2.26. The molecule has 21 heavy (non-hydrogen) atoms. The third-order valence-electron chi connectivity index (χ3n) is 3.89.